The fourth-order valence-corrected chi connectivity index (χ4v) is 3.62. The van der Waals surface area contributed by atoms with Gasteiger partial charge in [0, 0.05) is 12.1 Å². The monoisotopic (exact) mass is 346 g/mol. The molecule has 2 rings (SSSR count). The van der Waals surface area contributed by atoms with Crippen molar-refractivity contribution in [2.45, 2.75) is 64.3 Å². The van der Waals surface area contributed by atoms with Crippen LogP contribution in [-0.4, -0.2) is 43.7 Å². The molecule has 1 aromatic rings. The molecule has 1 aliphatic rings. The van der Waals surface area contributed by atoms with Crippen LogP contribution in [-0.2, 0) is 6.42 Å². The van der Waals surface area contributed by atoms with Crippen molar-refractivity contribution in [2.24, 2.45) is 0 Å². The molecule has 140 valence electrons. The fourth-order valence-electron chi connectivity index (χ4n) is 3.62. The predicted octanol–water partition coefficient (Wildman–Crippen LogP) is 4.56. The second-order valence-electron chi connectivity index (χ2n) is 8.14. The zero-order valence-corrected chi connectivity index (χ0v) is 16.3. The molecular weight excluding hydrogens is 310 g/mol. The molecule has 0 spiro atoms. The minimum absolute atomic E-state index is 0.0874. The van der Waals surface area contributed by atoms with Crippen LogP contribution in [0.3, 0.4) is 0 Å². The van der Waals surface area contributed by atoms with Crippen LogP contribution in [0.1, 0.15) is 57.4 Å². The van der Waals surface area contributed by atoms with Gasteiger partial charge in [0.25, 0.3) is 0 Å². The number of benzene rings is 1. The summed E-state index contributed by atoms with van der Waals surface area (Å²) in [5.41, 5.74) is 2.23. The lowest BCUT2D eigenvalue weighted by molar-refractivity contribution is -0.878. The molecule has 1 saturated heterocycles. The number of quaternary nitrogens is 1. The minimum atomic E-state index is -0.0874. The van der Waals surface area contributed by atoms with Gasteiger partial charge in [0.15, 0.2) is 0 Å². The van der Waals surface area contributed by atoms with Crippen molar-refractivity contribution in [3.05, 3.63) is 29.8 Å². The Morgan fingerprint density at radius 3 is 2.40 bits per heavy atom. The second-order valence-corrected chi connectivity index (χ2v) is 8.14. The lowest BCUT2D eigenvalue weighted by Crippen LogP contribution is -2.43. The first kappa shape index (κ1) is 19.8. The minimum Gasteiger partial charge on any atom is -0.329 e. The summed E-state index contributed by atoms with van der Waals surface area (Å²) in [5, 5.41) is 6.05. The molecule has 1 heterocycles. The molecular formula is C21H36N3O+. The number of aryl methyl sites for hydroxylation is 1. The third-order valence-corrected chi connectivity index (χ3v) is 5.16. The molecule has 25 heavy (non-hydrogen) atoms. The van der Waals surface area contributed by atoms with Gasteiger partial charge in [-0.2, -0.15) is 0 Å². The maximum atomic E-state index is 12.1. The first-order valence-electron chi connectivity index (χ1n) is 9.97. The molecule has 2 amide bonds. The van der Waals surface area contributed by atoms with E-state index in [0.717, 1.165) is 36.1 Å². The van der Waals surface area contributed by atoms with Crippen molar-refractivity contribution in [1.29, 1.82) is 0 Å². The number of carbonyl (C=O) groups is 1. The lowest BCUT2D eigenvalue weighted by atomic mass is 10.0. The number of likely N-dealkylation sites (tertiary alicyclic amines) is 1. The molecule has 1 atom stereocenters. The summed E-state index contributed by atoms with van der Waals surface area (Å²) in [4.78, 5) is 12.1. The van der Waals surface area contributed by atoms with Crippen LogP contribution in [0.2, 0.25) is 0 Å². The molecule has 4 heteroatoms. The van der Waals surface area contributed by atoms with Gasteiger partial charge < -0.3 is 15.1 Å². The molecule has 1 aromatic carbocycles. The van der Waals surface area contributed by atoms with E-state index < -0.39 is 0 Å². The van der Waals surface area contributed by atoms with E-state index in [1.54, 1.807) is 0 Å². The third kappa shape index (κ3) is 7.47. The number of nitrogens with one attached hydrogen (secondary N) is 2. The number of hydrogen-bond donors (Lipinski definition) is 2. The van der Waals surface area contributed by atoms with Crippen molar-refractivity contribution in [3.8, 4) is 0 Å². The summed E-state index contributed by atoms with van der Waals surface area (Å²) in [7, 11) is 4.42. The predicted molar refractivity (Wildman–Crippen MR) is 106 cm³/mol. The van der Waals surface area contributed by atoms with Gasteiger partial charge in [0.2, 0.25) is 0 Å². The molecule has 4 nitrogen and oxygen atoms in total. The first-order chi connectivity index (χ1) is 12.0. The van der Waals surface area contributed by atoms with E-state index in [-0.39, 0.29) is 12.1 Å². The van der Waals surface area contributed by atoms with E-state index >= 15 is 0 Å². The molecule has 0 aromatic heterocycles. The number of amides is 2. The zero-order valence-electron chi connectivity index (χ0n) is 16.3. The fraction of sp³-hybridized carbons (Fsp3) is 0.667. The Kier molecular flexibility index (Phi) is 7.76. The highest BCUT2D eigenvalue weighted by Crippen LogP contribution is 2.15. The van der Waals surface area contributed by atoms with E-state index in [1.165, 1.54) is 44.1 Å². The quantitative estimate of drug-likeness (QED) is 0.499. The van der Waals surface area contributed by atoms with Gasteiger partial charge in [0.1, 0.15) is 0 Å². The molecule has 1 fully saturated rings. The molecule has 0 aliphatic carbocycles. The molecule has 0 bridgehead atoms. The van der Waals surface area contributed by atoms with Gasteiger partial charge >= 0.3 is 6.03 Å². The van der Waals surface area contributed by atoms with E-state index in [4.69, 9.17) is 0 Å². The third-order valence-electron chi connectivity index (χ3n) is 5.16. The van der Waals surface area contributed by atoms with Crippen LogP contribution < -0.4 is 10.6 Å². The normalized spacial score (nSPS) is 18.9. The van der Waals surface area contributed by atoms with Crippen molar-refractivity contribution >= 4 is 11.7 Å². The summed E-state index contributed by atoms with van der Waals surface area (Å²) in [6, 6.07) is 8.49. The Hall–Kier alpha value is -1.55. The number of rotatable bonds is 9. The lowest BCUT2D eigenvalue weighted by Gasteiger charge is -2.23. The number of hydrogen-bond acceptors (Lipinski definition) is 1. The molecule has 0 radical (unpaired) electrons. The smallest absolute Gasteiger partial charge is 0.319 e. The molecule has 0 saturated carbocycles. The van der Waals surface area contributed by atoms with Crippen LogP contribution in [0.25, 0.3) is 0 Å². The van der Waals surface area contributed by atoms with E-state index in [2.05, 4.69) is 43.8 Å². The second kappa shape index (κ2) is 9.81. The van der Waals surface area contributed by atoms with E-state index in [0.29, 0.717) is 0 Å². The molecule has 1 aliphatic heterocycles. The number of likely N-dealkylation sites (N-methyl/N-ethyl adjacent to an activating group) is 1. The largest absolute Gasteiger partial charge is 0.329 e. The average molecular weight is 347 g/mol. The number of urea groups is 1. The molecule has 1 unspecified atom stereocenters. The van der Waals surface area contributed by atoms with Gasteiger partial charge in [0.05, 0.1) is 33.2 Å². The van der Waals surface area contributed by atoms with Gasteiger partial charge in [-0.1, -0.05) is 51.2 Å². The summed E-state index contributed by atoms with van der Waals surface area (Å²) >= 11 is 0. The van der Waals surface area contributed by atoms with Gasteiger partial charge in [-0.3, -0.25) is 0 Å². The maximum absolute atomic E-state index is 12.1. The highest BCUT2D eigenvalue weighted by molar-refractivity contribution is 5.89. The van der Waals surface area contributed by atoms with Gasteiger partial charge in [-0.25, -0.2) is 4.79 Å². The average Bonchev–Trinajstić information content (AvgIpc) is 2.90. The molecule has 2 N–H and O–H groups in total. The maximum Gasteiger partial charge on any atom is 0.319 e. The topological polar surface area (TPSA) is 41.1 Å². The van der Waals surface area contributed by atoms with E-state index in [1.807, 2.05) is 12.1 Å². The van der Waals surface area contributed by atoms with Crippen LogP contribution in [0, 0.1) is 0 Å². The van der Waals surface area contributed by atoms with Crippen LogP contribution in [0.15, 0.2) is 24.3 Å². The Morgan fingerprint density at radius 2 is 1.76 bits per heavy atom. The summed E-state index contributed by atoms with van der Waals surface area (Å²) in [5.74, 6) is 0. The summed E-state index contributed by atoms with van der Waals surface area (Å²) in [6.07, 6.45) is 10.1. The Morgan fingerprint density at radius 1 is 1.08 bits per heavy atom. The van der Waals surface area contributed by atoms with Crippen LogP contribution in [0.4, 0.5) is 10.5 Å². The number of unbranched alkanes of at least 4 members (excludes halogenated alkanes) is 5. The van der Waals surface area contributed by atoms with Crippen molar-refractivity contribution in [3.63, 3.8) is 0 Å². The van der Waals surface area contributed by atoms with Crippen molar-refractivity contribution in [1.82, 2.24) is 5.32 Å². The number of anilines is 1. The standard InChI is InChI=1S/C21H35N3O/c1-4-5-6-7-8-9-10-18-11-13-19(14-12-18)22-21(25)23-20-15-16-24(2,3)17-20/h11-14,20H,4-10,15-17H2,1-3H3,(H-,22,23,25)/p+1. The first-order valence-corrected chi connectivity index (χ1v) is 9.97. The van der Waals surface area contributed by atoms with E-state index in [9.17, 15) is 4.79 Å². The SMILES string of the molecule is CCCCCCCCc1ccc(NC(=O)NC2CC[N+](C)(C)C2)cc1. The van der Waals surface area contributed by atoms with Gasteiger partial charge in [-0.15, -0.1) is 0 Å². The van der Waals surface area contributed by atoms with Crippen molar-refractivity contribution in [2.75, 3.05) is 32.5 Å². The van der Waals surface area contributed by atoms with Gasteiger partial charge in [-0.05, 0) is 30.5 Å². The van der Waals surface area contributed by atoms with Crippen molar-refractivity contribution < 1.29 is 9.28 Å². The van der Waals surface area contributed by atoms with Crippen LogP contribution in [0.5, 0.6) is 0 Å². The highest BCUT2D eigenvalue weighted by atomic mass is 16.2. The zero-order chi connectivity index (χ0) is 18.1. The Bertz CT molecular complexity index is 524. The number of nitrogens with zero attached hydrogens (tertiary/aromatic N) is 1. The summed E-state index contributed by atoms with van der Waals surface area (Å²) < 4.78 is 0.984. The Balaban J connectivity index is 1.66. The van der Waals surface area contributed by atoms with Crippen LogP contribution >= 0.6 is 0 Å². The Labute approximate surface area is 153 Å². The number of carbonyl (C=O) groups excluding carboxylic acids is 1. The highest BCUT2D eigenvalue weighted by Gasteiger charge is 2.31. The summed E-state index contributed by atoms with van der Waals surface area (Å²) in [6.45, 7) is 4.38.